The Bertz CT molecular complexity index is 345. The number of ether oxygens (including phenoxy) is 2. The van der Waals surface area contributed by atoms with Crippen LogP contribution in [0.1, 0.15) is 12.8 Å². The summed E-state index contributed by atoms with van der Waals surface area (Å²) in [6, 6.07) is 0. The van der Waals surface area contributed by atoms with E-state index in [2.05, 4.69) is 5.92 Å². The molecular weight excluding hydrogens is 204 g/mol. The first kappa shape index (κ1) is 9.72. The van der Waals surface area contributed by atoms with E-state index in [4.69, 9.17) is 27.5 Å². The van der Waals surface area contributed by atoms with E-state index in [9.17, 15) is 4.79 Å². The molecule has 3 nitrogen and oxygen atoms in total. The Morgan fingerprint density at radius 2 is 2.14 bits per heavy atom. The summed E-state index contributed by atoms with van der Waals surface area (Å²) >= 11 is 5.85. The van der Waals surface area contributed by atoms with E-state index in [0.29, 0.717) is 25.2 Å². The van der Waals surface area contributed by atoms with Gasteiger partial charge in [0.1, 0.15) is 0 Å². The van der Waals surface area contributed by atoms with Gasteiger partial charge in [-0.3, -0.25) is 4.79 Å². The summed E-state index contributed by atoms with van der Waals surface area (Å²) in [7, 11) is 0. The molecule has 0 aromatic heterocycles. The highest BCUT2D eigenvalue weighted by Gasteiger charge is 2.49. The number of carbonyl (C=O) groups is 1. The second-order valence-electron chi connectivity index (χ2n) is 3.22. The van der Waals surface area contributed by atoms with Crippen LogP contribution in [-0.4, -0.2) is 24.8 Å². The predicted octanol–water partition coefficient (Wildman–Crippen LogP) is 1.22. The molecule has 0 unspecified atom stereocenters. The standard InChI is InChI=1S/C10H9ClO3/c1-2-3-7-9(11)8(12)6-10(7)13-4-5-14-10/h1H,3-6H2. The maximum absolute atomic E-state index is 11.4. The number of Topliss-reactive ketones (excluding diaryl/α,β-unsaturated/α-hetero) is 1. The summed E-state index contributed by atoms with van der Waals surface area (Å²) in [6.07, 6.45) is 5.65. The molecule has 2 rings (SSSR count). The monoisotopic (exact) mass is 212 g/mol. The Labute approximate surface area is 87.0 Å². The predicted molar refractivity (Wildman–Crippen MR) is 50.6 cm³/mol. The number of terminal acetylenes is 1. The van der Waals surface area contributed by atoms with Crippen LogP contribution >= 0.6 is 11.6 Å². The fraction of sp³-hybridized carbons (Fsp3) is 0.500. The average Bonchev–Trinajstić information content (AvgIpc) is 2.69. The van der Waals surface area contributed by atoms with Crippen LogP contribution in [0.25, 0.3) is 0 Å². The van der Waals surface area contributed by atoms with Gasteiger partial charge in [0.2, 0.25) is 5.79 Å². The van der Waals surface area contributed by atoms with Gasteiger partial charge in [-0.1, -0.05) is 11.6 Å². The Morgan fingerprint density at radius 1 is 1.50 bits per heavy atom. The smallest absolute Gasteiger partial charge is 0.201 e. The minimum atomic E-state index is -0.944. The summed E-state index contributed by atoms with van der Waals surface area (Å²) in [5.74, 6) is 1.36. The van der Waals surface area contributed by atoms with Gasteiger partial charge in [0.25, 0.3) is 0 Å². The van der Waals surface area contributed by atoms with Gasteiger partial charge < -0.3 is 9.47 Å². The summed E-state index contributed by atoms with van der Waals surface area (Å²) in [5, 5.41) is 0.185. The number of carbonyl (C=O) groups excluding carboxylic acids is 1. The van der Waals surface area contributed by atoms with Crippen LogP contribution < -0.4 is 0 Å². The molecule has 2 aliphatic rings. The summed E-state index contributed by atoms with van der Waals surface area (Å²) in [6.45, 7) is 0.955. The molecule has 1 aliphatic heterocycles. The van der Waals surface area contributed by atoms with Crippen molar-refractivity contribution in [3.63, 3.8) is 0 Å². The average molecular weight is 213 g/mol. The molecule has 74 valence electrons. The molecule has 1 spiro atoms. The topological polar surface area (TPSA) is 35.5 Å². The van der Waals surface area contributed by atoms with Gasteiger partial charge in [0, 0.05) is 12.0 Å². The number of hydrogen-bond donors (Lipinski definition) is 0. The quantitative estimate of drug-likeness (QED) is 0.613. The Balaban J connectivity index is 2.37. The molecule has 0 N–H and O–H groups in total. The number of allylic oxidation sites excluding steroid dienone is 1. The highest BCUT2D eigenvalue weighted by molar-refractivity contribution is 6.44. The van der Waals surface area contributed by atoms with Crippen LogP contribution in [0.2, 0.25) is 0 Å². The molecule has 0 atom stereocenters. The summed E-state index contributed by atoms with van der Waals surface area (Å²) in [4.78, 5) is 11.4. The molecule has 1 heterocycles. The van der Waals surface area contributed by atoms with Crippen molar-refractivity contribution in [2.24, 2.45) is 0 Å². The number of rotatable bonds is 1. The molecule has 4 heteroatoms. The van der Waals surface area contributed by atoms with Crippen LogP contribution in [0.3, 0.4) is 0 Å². The van der Waals surface area contributed by atoms with Crippen molar-refractivity contribution in [1.29, 1.82) is 0 Å². The largest absolute Gasteiger partial charge is 0.343 e. The third-order valence-electron chi connectivity index (χ3n) is 2.40. The van der Waals surface area contributed by atoms with Crippen LogP contribution in [0.15, 0.2) is 10.6 Å². The first-order chi connectivity index (χ1) is 6.69. The van der Waals surface area contributed by atoms with Crippen molar-refractivity contribution >= 4 is 17.4 Å². The minimum absolute atomic E-state index is 0.154. The number of hydrogen-bond acceptors (Lipinski definition) is 3. The molecule has 0 saturated carbocycles. The SMILES string of the molecule is C#CCC1=C(Cl)C(=O)CC12OCCO2. The second-order valence-corrected chi connectivity index (χ2v) is 3.60. The van der Waals surface area contributed by atoms with Gasteiger partial charge in [-0.05, 0) is 0 Å². The molecule has 1 saturated heterocycles. The van der Waals surface area contributed by atoms with Crippen molar-refractivity contribution < 1.29 is 14.3 Å². The van der Waals surface area contributed by atoms with Crippen LogP contribution in [-0.2, 0) is 14.3 Å². The fourth-order valence-electron chi connectivity index (χ4n) is 1.78. The lowest BCUT2D eigenvalue weighted by Crippen LogP contribution is -2.30. The molecule has 14 heavy (non-hydrogen) atoms. The normalized spacial score (nSPS) is 24.7. The van der Waals surface area contributed by atoms with E-state index in [-0.39, 0.29) is 17.2 Å². The lowest BCUT2D eigenvalue weighted by molar-refractivity contribution is -0.140. The number of ketones is 1. The lowest BCUT2D eigenvalue weighted by atomic mass is 10.1. The lowest BCUT2D eigenvalue weighted by Gasteiger charge is -2.23. The van der Waals surface area contributed by atoms with E-state index < -0.39 is 5.79 Å². The van der Waals surface area contributed by atoms with Crippen molar-refractivity contribution in [3.05, 3.63) is 10.6 Å². The third kappa shape index (κ3) is 1.27. The maximum atomic E-state index is 11.4. The van der Waals surface area contributed by atoms with E-state index in [1.165, 1.54) is 0 Å². The molecule has 0 aromatic rings. The van der Waals surface area contributed by atoms with Gasteiger partial charge in [-0.25, -0.2) is 0 Å². The highest BCUT2D eigenvalue weighted by atomic mass is 35.5. The van der Waals surface area contributed by atoms with E-state index in [0.717, 1.165) is 0 Å². The van der Waals surface area contributed by atoms with Gasteiger partial charge in [0.15, 0.2) is 5.78 Å². The first-order valence-electron chi connectivity index (χ1n) is 4.33. The van der Waals surface area contributed by atoms with E-state index in [1.807, 2.05) is 0 Å². The molecule has 0 amide bonds. The van der Waals surface area contributed by atoms with Crippen LogP contribution in [0.5, 0.6) is 0 Å². The van der Waals surface area contributed by atoms with Crippen LogP contribution in [0.4, 0.5) is 0 Å². The van der Waals surface area contributed by atoms with Crippen LogP contribution in [0, 0.1) is 12.3 Å². The third-order valence-corrected chi connectivity index (χ3v) is 2.83. The molecule has 0 radical (unpaired) electrons. The Kier molecular flexibility index (Phi) is 2.36. The summed E-state index contributed by atoms with van der Waals surface area (Å²) in [5.41, 5.74) is 0.601. The van der Waals surface area contributed by atoms with Crippen molar-refractivity contribution in [3.8, 4) is 12.3 Å². The summed E-state index contributed by atoms with van der Waals surface area (Å²) < 4.78 is 10.9. The van der Waals surface area contributed by atoms with Gasteiger partial charge in [-0.2, -0.15) is 0 Å². The van der Waals surface area contributed by atoms with E-state index in [1.54, 1.807) is 0 Å². The van der Waals surface area contributed by atoms with Gasteiger partial charge >= 0.3 is 0 Å². The maximum Gasteiger partial charge on any atom is 0.201 e. The van der Waals surface area contributed by atoms with Crippen molar-refractivity contribution in [1.82, 2.24) is 0 Å². The fourth-order valence-corrected chi connectivity index (χ4v) is 2.05. The number of halogens is 1. The zero-order valence-corrected chi connectivity index (χ0v) is 8.26. The second kappa shape index (κ2) is 3.39. The molecular formula is C10H9ClO3. The zero-order valence-electron chi connectivity index (χ0n) is 7.51. The van der Waals surface area contributed by atoms with E-state index >= 15 is 0 Å². The van der Waals surface area contributed by atoms with Gasteiger partial charge in [0.05, 0.1) is 24.7 Å². The molecule has 0 aromatic carbocycles. The van der Waals surface area contributed by atoms with Crippen molar-refractivity contribution in [2.75, 3.05) is 13.2 Å². The van der Waals surface area contributed by atoms with Gasteiger partial charge in [-0.15, -0.1) is 12.3 Å². The zero-order chi connectivity index (χ0) is 10.2. The minimum Gasteiger partial charge on any atom is -0.343 e. The Morgan fingerprint density at radius 3 is 2.71 bits per heavy atom. The molecule has 1 aliphatic carbocycles. The Hall–Kier alpha value is -0.820. The van der Waals surface area contributed by atoms with Crippen molar-refractivity contribution in [2.45, 2.75) is 18.6 Å². The highest BCUT2D eigenvalue weighted by Crippen LogP contribution is 2.42. The first-order valence-corrected chi connectivity index (χ1v) is 4.71. The molecule has 1 fully saturated rings. The molecule has 0 bridgehead atoms.